The monoisotopic (exact) mass is 350 g/mol. The smallest absolute Gasteiger partial charge is 0.242 e. The third-order valence-corrected chi connectivity index (χ3v) is 5.05. The molecule has 0 unspecified atom stereocenters. The molecular formula is C18H14N4O2S. The molecule has 1 aromatic carbocycles. The zero-order chi connectivity index (χ0) is 17.7. The highest BCUT2D eigenvalue weighted by Crippen LogP contribution is 2.21. The maximum absolute atomic E-state index is 12.5. The van der Waals surface area contributed by atoms with Gasteiger partial charge in [-0.25, -0.2) is 13.1 Å². The summed E-state index contributed by atoms with van der Waals surface area (Å²) in [7, 11) is -3.81. The highest BCUT2D eigenvalue weighted by Gasteiger charge is 2.18. The molecule has 124 valence electrons. The summed E-state index contributed by atoms with van der Waals surface area (Å²) < 4.78 is 27.6. The molecule has 0 radical (unpaired) electrons. The summed E-state index contributed by atoms with van der Waals surface area (Å²) in [5, 5.41) is 9.10. The van der Waals surface area contributed by atoms with Crippen molar-refractivity contribution in [1.82, 2.24) is 14.7 Å². The van der Waals surface area contributed by atoms with E-state index in [4.69, 9.17) is 5.26 Å². The first-order valence-electron chi connectivity index (χ1n) is 7.45. The van der Waals surface area contributed by atoms with Gasteiger partial charge in [-0.15, -0.1) is 0 Å². The van der Waals surface area contributed by atoms with Gasteiger partial charge in [-0.3, -0.25) is 9.97 Å². The van der Waals surface area contributed by atoms with Crippen molar-refractivity contribution in [1.29, 1.82) is 5.26 Å². The molecule has 7 heteroatoms. The van der Waals surface area contributed by atoms with Crippen LogP contribution in [0.15, 0.2) is 72.0 Å². The zero-order valence-corrected chi connectivity index (χ0v) is 13.9. The standard InChI is InChI=1S/C18H14N4O2S/c19-12-15-4-1-2-6-17(15)25(23,24)22-13-16-5-3-9-21-18(16)14-7-10-20-11-8-14/h1-11,22H,13H2. The molecule has 25 heavy (non-hydrogen) atoms. The van der Waals surface area contributed by atoms with Gasteiger partial charge in [-0.05, 0) is 35.9 Å². The van der Waals surface area contributed by atoms with E-state index in [1.165, 1.54) is 12.1 Å². The van der Waals surface area contributed by atoms with Crippen LogP contribution < -0.4 is 4.72 Å². The fourth-order valence-corrected chi connectivity index (χ4v) is 3.56. The first-order chi connectivity index (χ1) is 12.1. The molecule has 0 atom stereocenters. The van der Waals surface area contributed by atoms with Crippen molar-refractivity contribution in [2.75, 3.05) is 0 Å². The third-order valence-electron chi connectivity index (χ3n) is 3.59. The average Bonchev–Trinajstić information content (AvgIpc) is 2.67. The second-order valence-corrected chi connectivity index (χ2v) is 6.91. The van der Waals surface area contributed by atoms with Crippen LogP contribution in [0.3, 0.4) is 0 Å². The number of nitriles is 1. The maximum atomic E-state index is 12.5. The summed E-state index contributed by atoms with van der Waals surface area (Å²) >= 11 is 0. The van der Waals surface area contributed by atoms with Gasteiger partial charge < -0.3 is 0 Å². The Hall–Kier alpha value is -3.08. The Balaban J connectivity index is 1.89. The van der Waals surface area contributed by atoms with Gasteiger partial charge >= 0.3 is 0 Å². The minimum atomic E-state index is -3.81. The van der Waals surface area contributed by atoms with E-state index in [9.17, 15) is 8.42 Å². The molecule has 0 aliphatic carbocycles. The number of nitrogens with one attached hydrogen (secondary N) is 1. The van der Waals surface area contributed by atoms with Gasteiger partial charge in [0.2, 0.25) is 10.0 Å². The number of nitrogens with zero attached hydrogens (tertiary/aromatic N) is 3. The summed E-state index contributed by atoms with van der Waals surface area (Å²) in [5.41, 5.74) is 2.37. The molecule has 0 spiro atoms. The van der Waals surface area contributed by atoms with E-state index in [1.54, 1.807) is 36.8 Å². The molecule has 0 saturated heterocycles. The molecular weight excluding hydrogens is 336 g/mol. The summed E-state index contributed by atoms with van der Waals surface area (Å²) in [6, 6.07) is 15.2. The first-order valence-corrected chi connectivity index (χ1v) is 8.93. The number of hydrogen-bond acceptors (Lipinski definition) is 5. The van der Waals surface area contributed by atoms with Crippen LogP contribution in [0.1, 0.15) is 11.1 Å². The van der Waals surface area contributed by atoms with Crippen molar-refractivity contribution < 1.29 is 8.42 Å². The summed E-state index contributed by atoms with van der Waals surface area (Å²) in [4.78, 5) is 8.28. The van der Waals surface area contributed by atoms with Gasteiger partial charge in [-0.1, -0.05) is 18.2 Å². The molecule has 6 nitrogen and oxygen atoms in total. The second kappa shape index (κ2) is 7.21. The largest absolute Gasteiger partial charge is 0.265 e. The van der Waals surface area contributed by atoms with Gasteiger partial charge in [0.15, 0.2) is 0 Å². The van der Waals surface area contributed by atoms with Crippen LogP contribution in [0, 0.1) is 11.3 Å². The molecule has 0 aliphatic heterocycles. The fourth-order valence-electron chi connectivity index (χ4n) is 2.39. The first kappa shape index (κ1) is 16.8. The summed E-state index contributed by atoms with van der Waals surface area (Å²) in [5.74, 6) is 0. The van der Waals surface area contributed by atoms with Crippen molar-refractivity contribution in [3.63, 3.8) is 0 Å². The molecule has 3 rings (SSSR count). The number of benzene rings is 1. The minimum absolute atomic E-state index is 0.0353. The lowest BCUT2D eigenvalue weighted by atomic mass is 10.1. The van der Waals surface area contributed by atoms with Gasteiger partial charge in [0.1, 0.15) is 6.07 Å². The van der Waals surface area contributed by atoms with Gasteiger partial charge in [0, 0.05) is 30.7 Å². The fraction of sp³-hybridized carbons (Fsp3) is 0.0556. The topological polar surface area (TPSA) is 95.7 Å². The Bertz CT molecular complexity index is 1030. The second-order valence-electron chi connectivity index (χ2n) is 5.18. The van der Waals surface area contributed by atoms with E-state index in [-0.39, 0.29) is 17.0 Å². The normalized spacial score (nSPS) is 11.0. The average molecular weight is 350 g/mol. The van der Waals surface area contributed by atoms with Crippen molar-refractivity contribution >= 4 is 10.0 Å². The molecule has 1 N–H and O–H groups in total. The predicted octanol–water partition coefficient (Wildman–Crippen LogP) is 2.49. The molecule has 0 amide bonds. The van der Waals surface area contributed by atoms with Gasteiger partial charge in [0.05, 0.1) is 16.2 Å². The Kier molecular flexibility index (Phi) is 4.84. The minimum Gasteiger partial charge on any atom is -0.265 e. The highest BCUT2D eigenvalue weighted by molar-refractivity contribution is 7.89. The Morgan fingerprint density at radius 3 is 2.52 bits per heavy atom. The van der Waals surface area contributed by atoms with Crippen molar-refractivity contribution in [3.8, 4) is 17.3 Å². The van der Waals surface area contributed by atoms with Crippen molar-refractivity contribution in [2.24, 2.45) is 0 Å². The number of hydrogen-bond donors (Lipinski definition) is 1. The zero-order valence-electron chi connectivity index (χ0n) is 13.1. The van der Waals surface area contributed by atoms with E-state index in [1.807, 2.05) is 24.3 Å². The molecule has 2 aromatic heterocycles. The quantitative estimate of drug-likeness (QED) is 0.763. The molecule has 2 heterocycles. The predicted molar refractivity (Wildman–Crippen MR) is 92.7 cm³/mol. The number of aromatic nitrogens is 2. The summed E-state index contributed by atoms with van der Waals surface area (Å²) in [6.07, 6.45) is 4.96. The number of pyridine rings is 2. The van der Waals surface area contributed by atoms with Crippen LogP contribution >= 0.6 is 0 Å². The lowest BCUT2D eigenvalue weighted by Crippen LogP contribution is -2.24. The van der Waals surface area contributed by atoms with Crippen LogP contribution in [0.25, 0.3) is 11.3 Å². The van der Waals surface area contributed by atoms with Crippen LogP contribution in [0.2, 0.25) is 0 Å². The molecule has 3 aromatic rings. The highest BCUT2D eigenvalue weighted by atomic mass is 32.2. The molecule has 0 saturated carbocycles. The number of sulfonamides is 1. The third kappa shape index (κ3) is 3.71. The van der Waals surface area contributed by atoms with Crippen LogP contribution in [-0.4, -0.2) is 18.4 Å². The SMILES string of the molecule is N#Cc1ccccc1S(=O)(=O)NCc1cccnc1-c1ccncc1. The number of rotatable bonds is 5. The van der Waals surface area contributed by atoms with Gasteiger partial charge in [-0.2, -0.15) is 5.26 Å². The molecule has 0 bridgehead atoms. The van der Waals surface area contributed by atoms with E-state index in [0.29, 0.717) is 5.69 Å². The van der Waals surface area contributed by atoms with Crippen LogP contribution in [0.4, 0.5) is 0 Å². The lowest BCUT2D eigenvalue weighted by Gasteiger charge is -2.11. The van der Waals surface area contributed by atoms with Gasteiger partial charge in [0.25, 0.3) is 0 Å². The molecule has 0 fully saturated rings. The van der Waals surface area contributed by atoms with Crippen LogP contribution in [-0.2, 0) is 16.6 Å². The molecule has 0 aliphatic rings. The van der Waals surface area contributed by atoms with Crippen LogP contribution in [0.5, 0.6) is 0 Å². The van der Waals surface area contributed by atoms with E-state index in [2.05, 4.69) is 14.7 Å². The Labute approximate surface area is 145 Å². The van der Waals surface area contributed by atoms with Crippen molar-refractivity contribution in [3.05, 3.63) is 78.2 Å². The summed E-state index contributed by atoms with van der Waals surface area (Å²) in [6.45, 7) is 0.0631. The maximum Gasteiger partial charge on any atom is 0.242 e. The van der Waals surface area contributed by atoms with E-state index in [0.717, 1.165) is 11.1 Å². The van der Waals surface area contributed by atoms with E-state index < -0.39 is 10.0 Å². The Morgan fingerprint density at radius 2 is 1.76 bits per heavy atom. The lowest BCUT2D eigenvalue weighted by molar-refractivity contribution is 0.581. The Morgan fingerprint density at radius 1 is 1.00 bits per heavy atom. The van der Waals surface area contributed by atoms with E-state index >= 15 is 0 Å². The van der Waals surface area contributed by atoms with Crippen molar-refractivity contribution in [2.45, 2.75) is 11.4 Å².